The van der Waals surface area contributed by atoms with Crippen molar-refractivity contribution in [3.8, 4) is 11.5 Å². The number of phenols is 2. The molecule has 0 fully saturated rings. The Morgan fingerprint density at radius 3 is 2.17 bits per heavy atom. The predicted molar refractivity (Wildman–Crippen MR) is 86.0 cm³/mol. The third-order valence-corrected chi connectivity index (χ3v) is 4.76. The summed E-state index contributed by atoms with van der Waals surface area (Å²) in [5.41, 5.74) is 0.285. The van der Waals surface area contributed by atoms with Gasteiger partial charge in [0.1, 0.15) is 5.75 Å². The molecule has 23 heavy (non-hydrogen) atoms. The van der Waals surface area contributed by atoms with Gasteiger partial charge in [0.15, 0.2) is 0 Å². The molecule has 2 aromatic rings. The molecule has 0 heterocycles. The van der Waals surface area contributed by atoms with Crippen LogP contribution in [0.2, 0.25) is 5.02 Å². The van der Waals surface area contributed by atoms with Crippen LogP contribution in [-0.2, 0) is 8.53 Å². The van der Waals surface area contributed by atoms with E-state index in [-0.39, 0.29) is 17.3 Å². The molecule has 2 rings (SSSR count). The van der Waals surface area contributed by atoms with Crippen LogP contribution in [0.3, 0.4) is 0 Å². The molecule has 0 saturated heterocycles. The van der Waals surface area contributed by atoms with Crippen molar-refractivity contribution in [2.24, 2.45) is 0 Å². The van der Waals surface area contributed by atoms with E-state index in [9.17, 15) is 13.6 Å². The van der Waals surface area contributed by atoms with Crippen LogP contribution < -0.4 is 9.67 Å². The number of carbonyl (C=O) groups excluding carboxylic acids is 1. The minimum absolute atomic E-state index is 0.206. The molecule has 0 unspecified atom stereocenters. The smallest absolute Gasteiger partial charge is 0.117 e. The van der Waals surface area contributed by atoms with Gasteiger partial charge in [0, 0.05) is 5.02 Å². The normalized spacial score (nSPS) is 10.4. The van der Waals surface area contributed by atoms with Gasteiger partial charge in [-0.2, -0.15) is 0 Å². The van der Waals surface area contributed by atoms with E-state index in [1.807, 2.05) is 0 Å². The second-order valence-corrected chi connectivity index (χ2v) is 8.14. The number of phenolic OH excluding ortho intramolecular Hbond substituents is 2. The Hall–Kier alpha value is -1.92. The molecule has 0 aliphatic heterocycles. The third kappa shape index (κ3) is 6.79. The fourth-order valence-corrected chi connectivity index (χ4v) is 3.04. The van der Waals surface area contributed by atoms with E-state index in [0.29, 0.717) is 5.02 Å². The van der Waals surface area contributed by atoms with Gasteiger partial charge in [-0.25, -0.2) is 0 Å². The number of aromatic hydroxyl groups is 2. The van der Waals surface area contributed by atoms with Crippen LogP contribution in [0, 0.1) is 0 Å². The maximum Gasteiger partial charge on any atom is 0.117 e. The topological polar surface area (TPSA) is 127 Å². The molecule has 124 valence electrons. The molecule has 7 nitrogen and oxygen atoms in total. The fourth-order valence-electron chi connectivity index (χ4n) is 1.53. The first kappa shape index (κ1) is 19.1. The zero-order valence-corrected chi connectivity index (χ0v) is 14.6. The minimum Gasteiger partial charge on any atom is -0.508 e. The van der Waals surface area contributed by atoms with Gasteiger partial charge < -0.3 is 5.11 Å². The monoisotopic (exact) mass is 403 g/mol. The summed E-state index contributed by atoms with van der Waals surface area (Å²) in [6.45, 7) is 1.29. The van der Waals surface area contributed by atoms with Crippen molar-refractivity contribution in [2.45, 2.75) is 6.92 Å². The van der Waals surface area contributed by atoms with Crippen molar-refractivity contribution in [3.63, 3.8) is 0 Å². The maximum absolute atomic E-state index is 10.9. The number of nitrogens with one attached hydrogen (secondary N) is 1. The van der Waals surface area contributed by atoms with E-state index < -0.39 is 24.3 Å². The van der Waals surface area contributed by atoms with Crippen LogP contribution >= 0.6 is 11.6 Å². The van der Waals surface area contributed by atoms with Crippen molar-refractivity contribution < 1.29 is 26.9 Å². The Morgan fingerprint density at radius 1 is 1.13 bits per heavy atom. The SMILES string of the molecule is CC(=O)Nc1ccc([As](=O)(O)O)c(O)c1.Oc1cccc(Cl)c1. The number of amides is 1. The summed E-state index contributed by atoms with van der Waals surface area (Å²) in [4.78, 5) is 10.7. The average Bonchev–Trinajstić information content (AvgIpc) is 2.36. The second kappa shape index (κ2) is 8.08. The Balaban J connectivity index is 0.000000277. The molecule has 0 aliphatic rings. The van der Waals surface area contributed by atoms with Gasteiger partial charge in [-0.15, -0.1) is 0 Å². The number of anilines is 1. The minimum atomic E-state index is -5.09. The number of carbonyl (C=O) groups is 1. The molecule has 0 radical (unpaired) electrons. The Kier molecular flexibility index (Phi) is 6.72. The molecular formula is C14H15AsClNO6. The third-order valence-electron chi connectivity index (χ3n) is 2.42. The van der Waals surface area contributed by atoms with Crippen LogP contribution in [0.1, 0.15) is 6.92 Å². The van der Waals surface area contributed by atoms with E-state index in [1.54, 1.807) is 18.2 Å². The molecule has 0 spiro atoms. The van der Waals surface area contributed by atoms with Gasteiger partial charge in [-0.05, 0) is 18.2 Å². The standard InChI is InChI=1S/C8H10AsNO5.C6H5ClO/c1-5(11)10-6-2-3-7(8(12)4-6)9(13,14)15;7-5-2-1-3-6(8)4-5/h2-4,12H,1H3,(H,10,11)(H2,13,14,15);1-4,8H. The van der Waals surface area contributed by atoms with Crippen LogP contribution in [-0.4, -0.2) is 38.5 Å². The van der Waals surface area contributed by atoms with Crippen molar-refractivity contribution >= 4 is 41.7 Å². The Morgan fingerprint density at radius 2 is 1.78 bits per heavy atom. The van der Waals surface area contributed by atoms with Gasteiger partial charge in [-0.3, -0.25) is 0 Å². The fraction of sp³-hybridized carbons (Fsp3) is 0.0714. The molecular weight excluding hydrogens is 389 g/mol. The van der Waals surface area contributed by atoms with E-state index in [4.69, 9.17) is 24.9 Å². The Labute approximate surface area is 140 Å². The molecule has 5 N–H and O–H groups in total. The van der Waals surface area contributed by atoms with Gasteiger partial charge in [-0.1, -0.05) is 17.7 Å². The molecule has 1 amide bonds. The summed E-state index contributed by atoms with van der Waals surface area (Å²) < 4.78 is 28.2. The molecule has 0 atom stereocenters. The molecule has 0 saturated carbocycles. The first-order valence-electron chi connectivity index (χ1n) is 6.21. The van der Waals surface area contributed by atoms with E-state index in [0.717, 1.165) is 12.1 Å². The summed E-state index contributed by atoms with van der Waals surface area (Å²) >= 11 is 0.398. The Bertz CT molecular complexity index is 729. The first-order chi connectivity index (χ1) is 10.6. The number of hydrogen-bond donors (Lipinski definition) is 5. The number of rotatable bonds is 2. The van der Waals surface area contributed by atoms with Crippen molar-refractivity contribution in [1.82, 2.24) is 0 Å². The summed E-state index contributed by atoms with van der Waals surface area (Å²) in [6, 6.07) is 9.97. The zero-order valence-electron chi connectivity index (χ0n) is 12.0. The first-order valence-corrected chi connectivity index (χ1v) is 9.97. The number of halogens is 1. The largest absolute Gasteiger partial charge is 0.508 e. The average molecular weight is 404 g/mol. The summed E-state index contributed by atoms with van der Waals surface area (Å²) in [7, 11) is 0. The van der Waals surface area contributed by atoms with Crippen LogP contribution in [0.4, 0.5) is 5.69 Å². The molecule has 2 aromatic carbocycles. The van der Waals surface area contributed by atoms with Crippen molar-refractivity contribution in [1.29, 1.82) is 0 Å². The van der Waals surface area contributed by atoms with Crippen LogP contribution in [0.25, 0.3) is 0 Å². The molecule has 0 aromatic heterocycles. The van der Waals surface area contributed by atoms with Crippen molar-refractivity contribution in [3.05, 3.63) is 47.5 Å². The molecule has 9 heteroatoms. The summed E-state index contributed by atoms with van der Waals surface area (Å²) in [5, 5.41) is 21.0. The second-order valence-electron chi connectivity index (χ2n) is 4.41. The number of hydrogen-bond acceptors (Lipinski definition) is 4. The molecule has 0 aliphatic carbocycles. The van der Waals surface area contributed by atoms with E-state index in [2.05, 4.69) is 5.32 Å². The van der Waals surface area contributed by atoms with Gasteiger partial charge in [0.05, 0.1) is 0 Å². The van der Waals surface area contributed by atoms with Crippen LogP contribution in [0.15, 0.2) is 42.5 Å². The summed E-state index contributed by atoms with van der Waals surface area (Å²) in [6.07, 6.45) is 0. The van der Waals surface area contributed by atoms with Crippen LogP contribution in [0.5, 0.6) is 11.5 Å². The summed E-state index contributed by atoms with van der Waals surface area (Å²) in [5.74, 6) is -0.644. The van der Waals surface area contributed by atoms with Crippen molar-refractivity contribution in [2.75, 3.05) is 5.32 Å². The zero-order chi connectivity index (χ0) is 17.6. The van der Waals surface area contributed by atoms with Gasteiger partial charge in [0.25, 0.3) is 0 Å². The molecule has 0 bridgehead atoms. The van der Waals surface area contributed by atoms with Gasteiger partial charge >= 0.3 is 88.1 Å². The predicted octanol–water partition coefficient (Wildman–Crippen LogP) is 0.957. The quantitative estimate of drug-likeness (QED) is 0.475. The maximum atomic E-state index is 10.9. The van der Waals surface area contributed by atoms with E-state index >= 15 is 0 Å². The van der Waals surface area contributed by atoms with Gasteiger partial charge in [0.2, 0.25) is 0 Å². The van der Waals surface area contributed by atoms with E-state index in [1.165, 1.54) is 19.1 Å². The number of benzene rings is 2.